The van der Waals surface area contributed by atoms with E-state index < -0.39 is 23.1 Å². The SMILES string of the molecule is NC(=O)c1cnc(-c2c(F)ccc(Cl)c2F)[nH]1. The molecule has 2 aromatic rings. The first-order chi connectivity index (χ1) is 8.00. The lowest BCUT2D eigenvalue weighted by Crippen LogP contribution is -2.11. The largest absolute Gasteiger partial charge is 0.364 e. The van der Waals surface area contributed by atoms with Gasteiger partial charge in [0, 0.05) is 0 Å². The summed E-state index contributed by atoms with van der Waals surface area (Å²) in [4.78, 5) is 16.9. The molecule has 2 rings (SSSR count). The van der Waals surface area contributed by atoms with Crippen molar-refractivity contribution in [1.82, 2.24) is 9.97 Å². The van der Waals surface area contributed by atoms with E-state index >= 15 is 0 Å². The molecule has 1 aromatic carbocycles. The average Bonchev–Trinajstić information content (AvgIpc) is 2.73. The van der Waals surface area contributed by atoms with Crippen molar-refractivity contribution in [3.63, 3.8) is 0 Å². The third-order valence-corrected chi connectivity index (χ3v) is 2.41. The number of H-pyrrole nitrogens is 1. The monoisotopic (exact) mass is 257 g/mol. The van der Waals surface area contributed by atoms with Gasteiger partial charge in [0.25, 0.3) is 5.91 Å². The van der Waals surface area contributed by atoms with Crippen LogP contribution in [-0.4, -0.2) is 15.9 Å². The van der Waals surface area contributed by atoms with Gasteiger partial charge < -0.3 is 10.7 Å². The number of aromatic nitrogens is 2. The molecule has 88 valence electrons. The lowest BCUT2D eigenvalue weighted by atomic mass is 10.2. The number of amides is 1. The number of hydrogen-bond acceptors (Lipinski definition) is 2. The highest BCUT2D eigenvalue weighted by Crippen LogP contribution is 2.28. The molecule has 0 saturated heterocycles. The molecular weight excluding hydrogens is 252 g/mol. The normalized spacial score (nSPS) is 10.5. The third-order valence-electron chi connectivity index (χ3n) is 2.12. The van der Waals surface area contributed by atoms with Crippen LogP contribution in [0.2, 0.25) is 5.02 Å². The third kappa shape index (κ3) is 1.99. The molecule has 0 bridgehead atoms. The summed E-state index contributed by atoms with van der Waals surface area (Å²) in [6.45, 7) is 0. The molecule has 7 heteroatoms. The summed E-state index contributed by atoms with van der Waals surface area (Å²) in [6, 6.07) is 2.10. The van der Waals surface area contributed by atoms with Gasteiger partial charge in [-0.2, -0.15) is 0 Å². The van der Waals surface area contributed by atoms with E-state index in [0.717, 1.165) is 18.3 Å². The van der Waals surface area contributed by atoms with Gasteiger partial charge in [-0.15, -0.1) is 0 Å². The number of primary amides is 1. The van der Waals surface area contributed by atoms with Crippen molar-refractivity contribution >= 4 is 17.5 Å². The quantitative estimate of drug-likeness (QED) is 0.809. The van der Waals surface area contributed by atoms with Gasteiger partial charge in [0.15, 0.2) is 5.82 Å². The van der Waals surface area contributed by atoms with Crippen LogP contribution in [0, 0.1) is 11.6 Å². The van der Waals surface area contributed by atoms with E-state index in [1.807, 2.05) is 0 Å². The minimum Gasteiger partial charge on any atom is -0.364 e. The molecule has 0 unspecified atom stereocenters. The first kappa shape index (κ1) is 11.5. The van der Waals surface area contributed by atoms with Gasteiger partial charge in [-0.25, -0.2) is 13.8 Å². The van der Waals surface area contributed by atoms with Crippen LogP contribution in [0.25, 0.3) is 11.4 Å². The van der Waals surface area contributed by atoms with Gasteiger partial charge in [0.05, 0.1) is 16.8 Å². The molecule has 1 heterocycles. The number of nitrogens with one attached hydrogen (secondary N) is 1. The van der Waals surface area contributed by atoms with Crippen molar-refractivity contribution in [2.24, 2.45) is 5.73 Å². The highest BCUT2D eigenvalue weighted by Gasteiger charge is 2.18. The van der Waals surface area contributed by atoms with Gasteiger partial charge in [0.1, 0.15) is 17.3 Å². The topological polar surface area (TPSA) is 71.8 Å². The number of nitrogens with two attached hydrogens (primary N) is 1. The molecule has 0 radical (unpaired) electrons. The van der Waals surface area contributed by atoms with Crippen LogP contribution >= 0.6 is 11.6 Å². The fourth-order valence-corrected chi connectivity index (χ4v) is 1.48. The van der Waals surface area contributed by atoms with Crippen molar-refractivity contribution in [2.45, 2.75) is 0 Å². The van der Waals surface area contributed by atoms with Crippen LogP contribution in [-0.2, 0) is 0 Å². The second kappa shape index (κ2) is 4.14. The minimum absolute atomic E-state index is 0.0428. The molecule has 0 aliphatic carbocycles. The van der Waals surface area contributed by atoms with E-state index in [9.17, 15) is 13.6 Å². The van der Waals surface area contributed by atoms with Crippen LogP contribution in [0.3, 0.4) is 0 Å². The zero-order chi connectivity index (χ0) is 12.6. The fraction of sp³-hybridized carbons (Fsp3) is 0. The fourth-order valence-electron chi connectivity index (χ4n) is 1.32. The van der Waals surface area contributed by atoms with Crippen molar-refractivity contribution in [2.75, 3.05) is 0 Å². The maximum atomic E-state index is 13.6. The second-order valence-corrected chi connectivity index (χ2v) is 3.64. The number of halogens is 3. The lowest BCUT2D eigenvalue weighted by molar-refractivity contribution is 0.0996. The molecule has 0 saturated carbocycles. The van der Waals surface area contributed by atoms with E-state index in [2.05, 4.69) is 9.97 Å². The summed E-state index contributed by atoms with van der Waals surface area (Å²) in [5.41, 5.74) is 4.52. The Balaban J connectivity index is 2.60. The Hall–Kier alpha value is -1.95. The first-order valence-corrected chi connectivity index (χ1v) is 4.87. The predicted octanol–water partition coefficient (Wildman–Crippen LogP) is 2.11. The van der Waals surface area contributed by atoms with Crippen LogP contribution < -0.4 is 5.73 Å². The van der Waals surface area contributed by atoms with Gasteiger partial charge in [-0.05, 0) is 12.1 Å². The number of hydrogen-bond donors (Lipinski definition) is 2. The Bertz CT molecular complexity index is 597. The number of imidazole rings is 1. The number of nitrogens with zero attached hydrogens (tertiary/aromatic N) is 1. The first-order valence-electron chi connectivity index (χ1n) is 4.49. The van der Waals surface area contributed by atoms with Crippen molar-refractivity contribution in [1.29, 1.82) is 0 Å². The number of benzene rings is 1. The Morgan fingerprint density at radius 3 is 2.71 bits per heavy atom. The summed E-state index contributed by atoms with van der Waals surface area (Å²) >= 11 is 5.53. The van der Waals surface area contributed by atoms with Crippen molar-refractivity contribution in [3.05, 3.63) is 40.7 Å². The van der Waals surface area contributed by atoms with E-state index in [-0.39, 0.29) is 16.5 Å². The molecule has 17 heavy (non-hydrogen) atoms. The van der Waals surface area contributed by atoms with Gasteiger partial charge in [-0.3, -0.25) is 4.79 Å². The Labute approximate surface area is 99.4 Å². The number of aromatic amines is 1. The van der Waals surface area contributed by atoms with Gasteiger partial charge in [0.2, 0.25) is 0 Å². The molecule has 0 spiro atoms. The highest BCUT2D eigenvalue weighted by atomic mass is 35.5. The average molecular weight is 258 g/mol. The summed E-state index contributed by atoms with van der Waals surface area (Å²) in [7, 11) is 0. The predicted molar refractivity (Wildman–Crippen MR) is 57.5 cm³/mol. The maximum Gasteiger partial charge on any atom is 0.266 e. The maximum absolute atomic E-state index is 13.6. The Kier molecular flexibility index (Phi) is 2.81. The lowest BCUT2D eigenvalue weighted by Gasteiger charge is -2.02. The van der Waals surface area contributed by atoms with Crippen molar-refractivity contribution < 1.29 is 13.6 Å². The summed E-state index contributed by atoms with van der Waals surface area (Å²) in [6.07, 6.45) is 1.09. The van der Waals surface area contributed by atoms with E-state index in [4.69, 9.17) is 17.3 Å². The van der Waals surface area contributed by atoms with Crippen LogP contribution in [0.1, 0.15) is 10.5 Å². The Morgan fingerprint density at radius 1 is 1.41 bits per heavy atom. The second-order valence-electron chi connectivity index (χ2n) is 3.23. The van der Waals surface area contributed by atoms with Gasteiger partial charge >= 0.3 is 0 Å². The molecule has 4 nitrogen and oxygen atoms in total. The molecule has 3 N–H and O–H groups in total. The zero-order valence-electron chi connectivity index (χ0n) is 8.30. The number of carbonyl (C=O) groups excluding carboxylic acids is 1. The van der Waals surface area contributed by atoms with E-state index in [0.29, 0.717) is 0 Å². The molecule has 0 aliphatic rings. The van der Waals surface area contributed by atoms with Gasteiger partial charge in [-0.1, -0.05) is 11.6 Å². The van der Waals surface area contributed by atoms with Crippen LogP contribution in [0.5, 0.6) is 0 Å². The molecule has 1 aromatic heterocycles. The molecule has 0 fully saturated rings. The van der Waals surface area contributed by atoms with E-state index in [1.54, 1.807) is 0 Å². The number of carbonyl (C=O) groups is 1. The Morgan fingerprint density at radius 2 is 2.12 bits per heavy atom. The summed E-state index contributed by atoms with van der Waals surface area (Å²) in [5, 5.41) is -0.238. The van der Waals surface area contributed by atoms with Crippen molar-refractivity contribution in [3.8, 4) is 11.4 Å². The molecular formula is C10H6ClF2N3O. The molecule has 0 atom stereocenters. The molecule has 1 amide bonds. The van der Waals surface area contributed by atoms with Crippen LogP contribution in [0.15, 0.2) is 18.3 Å². The summed E-state index contributed by atoms with van der Waals surface area (Å²) < 4.78 is 27.1. The standard InChI is InChI=1S/C10H6ClF2N3O/c11-4-1-2-5(12)7(8(4)13)10-15-3-6(16-10)9(14)17/h1-3H,(H2,14,17)(H,15,16). The minimum atomic E-state index is -0.947. The number of rotatable bonds is 2. The zero-order valence-corrected chi connectivity index (χ0v) is 9.05. The highest BCUT2D eigenvalue weighted by molar-refractivity contribution is 6.31. The van der Waals surface area contributed by atoms with E-state index in [1.165, 1.54) is 0 Å². The smallest absolute Gasteiger partial charge is 0.266 e. The van der Waals surface area contributed by atoms with Crippen LogP contribution in [0.4, 0.5) is 8.78 Å². The summed E-state index contributed by atoms with van der Waals surface area (Å²) in [5.74, 6) is -2.70. The molecule has 0 aliphatic heterocycles.